The van der Waals surface area contributed by atoms with Crippen molar-refractivity contribution < 1.29 is 28.0 Å². The van der Waals surface area contributed by atoms with Gasteiger partial charge in [-0.3, -0.25) is 14.3 Å². The number of hydrogen-bond donors (Lipinski definition) is 1. The summed E-state index contributed by atoms with van der Waals surface area (Å²) in [6, 6.07) is 13.4. The zero-order chi connectivity index (χ0) is 36.9. The summed E-state index contributed by atoms with van der Waals surface area (Å²) in [5.74, 6) is 0.167. The predicted octanol–water partition coefficient (Wildman–Crippen LogP) is 6.78. The molecule has 2 bridgehead atoms. The van der Waals surface area contributed by atoms with Crippen molar-refractivity contribution in [3.8, 4) is 5.75 Å². The van der Waals surface area contributed by atoms with Crippen molar-refractivity contribution >= 4 is 39.0 Å². The molecule has 2 amide bonds. The first-order chi connectivity index (χ1) is 25.5. The number of nitrogens with one attached hydrogen (secondary N) is 1. The summed E-state index contributed by atoms with van der Waals surface area (Å²) < 4.78 is 41.9. The fourth-order valence-electron chi connectivity index (χ4n) is 9.27. The van der Waals surface area contributed by atoms with Crippen LogP contribution in [0.25, 0.3) is 0 Å². The number of amides is 2. The number of rotatable bonds is 4. The molecule has 1 N–H and O–H groups in total. The summed E-state index contributed by atoms with van der Waals surface area (Å²) >= 11 is 6.47. The minimum atomic E-state index is -3.53. The smallest absolute Gasteiger partial charge is 0.286 e. The molecule has 1 aromatic heterocycles. The van der Waals surface area contributed by atoms with E-state index in [1.165, 1.54) is 11.1 Å². The number of nitrogens with zero attached hydrogens (tertiary/aromatic N) is 3. The van der Waals surface area contributed by atoms with Gasteiger partial charge in [0, 0.05) is 68.2 Å². The van der Waals surface area contributed by atoms with Gasteiger partial charge in [0.05, 0.1) is 35.8 Å². The van der Waals surface area contributed by atoms with Crippen molar-refractivity contribution in [3.63, 3.8) is 0 Å². The third kappa shape index (κ3) is 7.17. The van der Waals surface area contributed by atoms with Gasteiger partial charge in [0.25, 0.3) is 11.8 Å². The third-order valence-electron chi connectivity index (χ3n) is 12.2. The number of fused-ring (bicyclic) bond motifs is 5. The highest BCUT2D eigenvalue weighted by atomic mass is 35.5. The Labute approximate surface area is 317 Å². The summed E-state index contributed by atoms with van der Waals surface area (Å²) in [6.07, 6.45) is 12.4. The number of benzene rings is 2. The number of aryl methyl sites for hydroxylation is 1. The molecule has 1 fully saturated rings. The molecular formula is C41H49ClN4O6S. The van der Waals surface area contributed by atoms with Crippen LogP contribution in [0, 0.1) is 17.8 Å². The first-order valence-electron chi connectivity index (χ1n) is 18.9. The number of aromatic nitrogens is 1. The highest BCUT2D eigenvalue weighted by molar-refractivity contribution is 7.92. The molecule has 1 saturated carbocycles. The molecule has 7 atom stereocenters. The van der Waals surface area contributed by atoms with E-state index in [4.69, 9.17) is 25.8 Å². The molecule has 2 unspecified atom stereocenters. The van der Waals surface area contributed by atoms with Crippen molar-refractivity contribution in [2.24, 2.45) is 22.1 Å². The van der Waals surface area contributed by atoms with Crippen LogP contribution in [0.4, 0.5) is 5.69 Å². The first kappa shape index (κ1) is 36.3. The highest BCUT2D eigenvalue weighted by Crippen LogP contribution is 2.47. The lowest BCUT2D eigenvalue weighted by atomic mass is 9.68. The number of carbonyl (C=O) groups is 2. The van der Waals surface area contributed by atoms with Gasteiger partial charge in [-0.25, -0.2) is 4.21 Å². The summed E-state index contributed by atoms with van der Waals surface area (Å²) in [5, 5.41) is 0.742. The average Bonchev–Trinajstić information content (AvgIpc) is 3.66. The van der Waals surface area contributed by atoms with Gasteiger partial charge in [-0.1, -0.05) is 36.7 Å². The van der Waals surface area contributed by atoms with Gasteiger partial charge in [0.2, 0.25) is 0 Å². The van der Waals surface area contributed by atoms with Crippen LogP contribution < -0.4 is 14.4 Å². The van der Waals surface area contributed by atoms with Crippen molar-refractivity contribution in [3.05, 3.63) is 93.8 Å². The molecule has 282 valence electrons. The van der Waals surface area contributed by atoms with Crippen molar-refractivity contribution in [2.75, 3.05) is 44.6 Å². The zero-order valence-electron chi connectivity index (χ0n) is 30.7. The Morgan fingerprint density at radius 1 is 1.11 bits per heavy atom. The second-order valence-corrected chi connectivity index (χ2v) is 18.3. The Morgan fingerprint density at radius 3 is 2.75 bits per heavy atom. The molecule has 53 heavy (non-hydrogen) atoms. The molecule has 0 saturated heterocycles. The number of ether oxygens (including phenoxy) is 3. The van der Waals surface area contributed by atoms with Crippen LogP contribution in [0.1, 0.15) is 76.6 Å². The fourth-order valence-corrected chi connectivity index (χ4v) is 11.4. The lowest BCUT2D eigenvalue weighted by Crippen LogP contribution is -2.49. The van der Waals surface area contributed by atoms with Gasteiger partial charge in [-0.15, -0.1) is 4.36 Å². The van der Waals surface area contributed by atoms with E-state index in [9.17, 15) is 13.8 Å². The van der Waals surface area contributed by atoms with E-state index in [1.807, 2.05) is 29.7 Å². The van der Waals surface area contributed by atoms with Gasteiger partial charge in [0.1, 0.15) is 15.7 Å². The third-order valence-corrected chi connectivity index (χ3v) is 14.4. The molecule has 10 nitrogen and oxygen atoms in total. The number of methoxy groups -OCH3 is 2. The molecule has 3 aliphatic heterocycles. The summed E-state index contributed by atoms with van der Waals surface area (Å²) in [5.41, 5.74) is 4.78. The van der Waals surface area contributed by atoms with E-state index < -0.39 is 21.7 Å². The van der Waals surface area contributed by atoms with Crippen molar-refractivity contribution in [2.45, 2.75) is 76.0 Å². The molecule has 1 spiro atoms. The Morgan fingerprint density at radius 2 is 1.98 bits per heavy atom. The Balaban J connectivity index is 1.17. The van der Waals surface area contributed by atoms with E-state index in [-0.39, 0.29) is 29.3 Å². The van der Waals surface area contributed by atoms with Crippen molar-refractivity contribution in [1.82, 2.24) is 9.29 Å². The second kappa shape index (κ2) is 14.5. The van der Waals surface area contributed by atoms with Gasteiger partial charge in [-0.05, 0) is 104 Å². The molecule has 2 aromatic carbocycles. The minimum Gasteiger partial charge on any atom is -0.490 e. The molecule has 0 radical (unpaired) electrons. The fraction of sp³-hybridized carbons (Fsp3) is 0.512. The van der Waals surface area contributed by atoms with E-state index in [0.717, 1.165) is 61.6 Å². The summed E-state index contributed by atoms with van der Waals surface area (Å²) in [4.78, 5) is 30.1. The Kier molecular flexibility index (Phi) is 9.97. The van der Waals surface area contributed by atoms with Gasteiger partial charge in [-0.2, -0.15) is 0 Å². The number of hydrogen-bond acceptors (Lipinski definition) is 7. The van der Waals surface area contributed by atoms with Crippen LogP contribution in [0.15, 0.2) is 65.2 Å². The lowest BCUT2D eigenvalue weighted by molar-refractivity contribution is 0.0131. The lowest BCUT2D eigenvalue weighted by Gasteiger charge is -2.46. The minimum absolute atomic E-state index is 0.0178. The normalized spacial score (nSPS) is 31.6. The van der Waals surface area contributed by atoms with Gasteiger partial charge >= 0.3 is 0 Å². The zero-order valence-corrected chi connectivity index (χ0v) is 32.3. The van der Waals surface area contributed by atoms with Crippen LogP contribution >= 0.6 is 11.6 Å². The van der Waals surface area contributed by atoms with E-state index in [0.29, 0.717) is 54.7 Å². The SMILES string of the molecule is COC1Cc2cc(C(=O)NS3(=O)=NC(=O)c4ccc5c(c4)N(C[C@@H]4CC[C@H]4[C@@H](OC)/C=C\C[C@H](C)C3)C[C@@]3(CCCc4cc(Cl)ccc43)CO5)cn2C1. The molecule has 8 rings (SSSR count). The predicted molar refractivity (Wildman–Crippen MR) is 206 cm³/mol. The first-order valence-corrected chi connectivity index (χ1v) is 20.9. The summed E-state index contributed by atoms with van der Waals surface area (Å²) in [7, 11) is -0.0781. The van der Waals surface area contributed by atoms with E-state index in [1.54, 1.807) is 32.5 Å². The standard InChI is InChI=1S/C41H49ClN4O6S/c1-26-6-4-8-37(51-3)34-12-9-29(34)20-46-24-41(15-5-7-27-16-31(42)11-13-35(27)41)25-52-38-14-10-28(18-36(38)46)39(47)43-53(49,23-26)44-40(48)30-17-32-19-33(50-2)22-45(32)21-30/h4,8,10-11,13-14,16-18,21,26,29,33-34,37H,5-7,9,12,15,19-20,22-25H2,1-3H3,(H,43,44,47,48,49)/b8-4-/t26-,29-,33?,34+,37-,41-,53?/m0/s1. The quantitative estimate of drug-likeness (QED) is 0.292. The molecule has 5 aliphatic rings. The maximum atomic E-state index is 14.7. The van der Waals surface area contributed by atoms with Gasteiger partial charge in [0.15, 0.2) is 0 Å². The number of anilines is 1. The van der Waals surface area contributed by atoms with Crippen LogP contribution in [0.5, 0.6) is 5.75 Å². The largest absolute Gasteiger partial charge is 0.490 e. The Hall–Kier alpha value is -3.64. The Bertz CT molecular complexity index is 2050. The van der Waals surface area contributed by atoms with Crippen LogP contribution in [-0.4, -0.2) is 72.5 Å². The summed E-state index contributed by atoms with van der Waals surface area (Å²) in [6.45, 7) is 4.62. The molecule has 4 heterocycles. The molecular weight excluding hydrogens is 712 g/mol. The van der Waals surface area contributed by atoms with E-state index in [2.05, 4.69) is 38.3 Å². The number of halogens is 1. The van der Waals surface area contributed by atoms with Crippen LogP contribution in [0.2, 0.25) is 5.02 Å². The molecule has 3 aromatic rings. The second-order valence-electron chi connectivity index (χ2n) is 15.8. The maximum Gasteiger partial charge on any atom is 0.286 e. The number of carbonyl (C=O) groups excluding carboxylic acids is 2. The highest BCUT2D eigenvalue weighted by Gasteiger charge is 2.44. The van der Waals surface area contributed by atoms with Crippen molar-refractivity contribution in [1.29, 1.82) is 0 Å². The van der Waals surface area contributed by atoms with Crippen LogP contribution in [0.3, 0.4) is 0 Å². The monoisotopic (exact) mass is 760 g/mol. The maximum absolute atomic E-state index is 14.7. The molecule has 2 aliphatic carbocycles. The molecule has 12 heteroatoms. The average molecular weight is 761 g/mol. The van der Waals surface area contributed by atoms with Crippen LogP contribution in [-0.2, 0) is 44.2 Å². The number of allylic oxidation sites excluding steroid dienone is 1. The topological polar surface area (TPSA) is 111 Å². The van der Waals surface area contributed by atoms with E-state index >= 15 is 0 Å². The van der Waals surface area contributed by atoms with Gasteiger partial charge < -0.3 is 23.7 Å².